The molecule has 1 aromatic heterocycles. The van der Waals surface area contributed by atoms with Crippen LogP contribution in [0.15, 0.2) is 97.1 Å². The van der Waals surface area contributed by atoms with E-state index in [2.05, 4.69) is 34.6 Å². The van der Waals surface area contributed by atoms with Gasteiger partial charge in [0.2, 0.25) is 11.8 Å². The molecule has 0 unspecified atom stereocenters. The first-order chi connectivity index (χ1) is 25.6. The second kappa shape index (κ2) is 18.5. The first-order valence-electron chi connectivity index (χ1n) is 17.4. The Morgan fingerprint density at radius 2 is 1.21 bits per heavy atom. The SMILES string of the molecule is O=C(CCOCCOCCOCCNC(=O)OCn1c2ccccc2c2ccccc21)NCCC(=O)N1Cc2ccccc2C#Cc2ccccc21. The predicted octanol–water partition coefficient (Wildman–Crippen LogP) is 5.37. The van der Waals surface area contributed by atoms with Gasteiger partial charge < -0.3 is 39.0 Å². The third kappa shape index (κ3) is 9.56. The molecule has 268 valence electrons. The molecule has 0 atom stereocenters. The second-order valence-electron chi connectivity index (χ2n) is 12.0. The average Bonchev–Trinajstić information content (AvgIpc) is 3.48. The summed E-state index contributed by atoms with van der Waals surface area (Å²) < 4.78 is 24.0. The van der Waals surface area contributed by atoms with Crippen LogP contribution in [0.3, 0.4) is 0 Å². The Balaban J connectivity index is 0.775. The van der Waals surface area contributed by atoms with E-state index in [1.54, 1.807) is 4.90 Å². The van der Waals surface area contributed by atoms with Crippen molar-refractivity contribution < 1.29 is 33.3 Å². The van der Waals surface area contributed by atoms with Crippen molar-refractivity contribution in [3.05, 3.63) is 114 Å². The fourth-order valence-electron chi connectivity index (χ4n) is 5.99. The lowest BCUT2D eigenvalue weighted by molar-refractivity contribution is -0.122. The van der Waals surface area contributed by atoms with Crippen molar-refractivity contribution in [3.8, 4) is 11.8 Å². The van der Waals surface area contributed by atoms with Crippen LogP contribution in [0.4, 0.5) is 10.5 Å². The summed E-state index contributed by atoms with van der Waals surface area (Å²) in [5.74, 6) is 6.14. The van der Waals surface area contributed by atoms with Gasteiger partial charge in [0.15, 0.2) is 6.73 Å². The topological polar surface area (TPSA) is 120 Å². The number of amides is 3. The highest BCUT2D eigenvalue weighted by Crippen LogP contribution is 2.29. The summed E-state index contributed by atoms with van der Waals surface area (Å²) in [4.78, 5) is 39.6. The Morgan fingerprint density at radius 1 is 0.615 bits per heavy atom. The number of carbonyl (C=O) groups excluding carboxylic acids is 3. The highest BCUT2D eigenvalue weighted by Gasteiger charge is 2.21. The molecule has 1 aliphatic rings. The van der Waals surface area contributed by atoms with E-state index in [-0.39, 0.29) is 44.5 Å². The molecule has 0 radical (unpaired) electrons. The van der Waals surface area contributed by atoms with Crippen LogP contribution in [0.2, 0.25) is 0 Å². The van der Waals surface area contributed by atoms with E-state index >= 15 is 0 Å². The van der Waals surface area contributed by atoms with Gasteiger partial charge in [-0.05, 0) is 35.9 Å². The lowest BCUT2D eigenvalue weighted by atomic mass is 10.0. The molecule has 0 saturated carbocycles. The van der Waals surface area contributed by atoms with Crippen LogP contribution >= 0.6 is 0 Å². The van der Waals surface area contributed by atoms with Crippen molar-refractivity contribution in [2.45, 2.75) is 26.1 Å². The molecule has 11 heteroatoms. The third-order valence-electron chi connectivity index (χ3n) is 8.57. The quantitative estimate of drug-likeness (QED) is 0.0988. The molecule has 0 fully saturated rings. The fraction of sp³-hybridized carbons (Fsp3) is 0.293. The van der Waals surface area contributed by atoms with Crippen LogP contribution in [0.5, 0.6) is 0 Å². The van der Waals surface area contributed by atoms with Crippen LogP contribution in [-0.2, 0) is 41.8 Å². The third-order valence-corrected chi connectivity index (χ3v) is 8.57. The predicted molar refractivity (Wildman–Crippen MR) is 199 cm³/mol. The number of anilines is 1. The Morgan fingerprint density at radius 3 is 1.96 bits per heavy atom. The van der Waals surface area contributed by atoms with Gasteiger partial charge in [-0.15, -0.1) is 0 Å². The summed E-state index contributed by atoms with van der Waals surface area (Å²) in [6, 6.07) is 31.5. The van der Waals surface area contributed by atoms with Gasteiger partial charge in [0, 0.05) is 47.8 Å². The van der Waals surface area contributed by atoms with Crippen LogP contribution in [0.1, 0.15) is 29.5 Å². The molecule has 11 nitrogen and oxygen atoms in total. The molecule has 4 aromatic carbocycles. The van der Waals surface area contributed by atoms with Crippen molar-refractivity contribution in [1.29, 1.82) is 0 Å². The monoisotopic (exact) mass is 702 g/mol. The maximum atomic E-state index is 13.3. The van der Waals surface area contributed by atoms with Crippen molar-refractivity contribution in [1.82, 2.24) is 15.2 Å². The standard InChI is InChI=1S/C41H42N4O7/c46-39(42-21-19-40(47)44-29-33-11-2-1-9-31(33)17-18-32-10-3-6-14-36(32)44)20-23-49-25-27-51-28-26-50-24-22-43-41(48)52-30-45-37-15-7-4-12-34(37)35-13-5-8-16-38(35)45/h1-16H,19-30H2,(H,42,46)(H,43,48). The van der Waals surface area contributed by atoms with E-state index in [0.29, 0.717) is 46.1 Å². The number of alkyl carbamates (subject to hydrolysis) is 1. The van der Waals surface area contributed by atoms with E-state index < -0.39 is 6.09 Å². The smallest absolute Gasteiger partial charge is 0.408 e. The maximum Gasteiger partial charge on any atom is 0.408 e. The van der Waals surface area contributed by atoms with Crippen molar-refractivity contribution in [3.63, 3.8) is 0 Å². The maximum absolute atomic E-state index is 13.3. The van der Waals surface area contributed by atoms with Gasteiger partial charge in [-0.25, -0.2) is 4.79 Å². The van der Waals surface area contributed by atoms with Crippen LogP contribution in [0.25, 0.3) is 21.8 Å². The molecular formula is C41H42N4O7. The van der Waals surface area contributed by atoms with Crippen LogP contribution in [0, 0.1) is 11.8 Å². The van der Waals surface area contributed by atoms with Gasteiger partial charge in [-0.2, -0.15) is 0 Å². The number of para-hydroxylation sites is 3. The highest BCUT2D eigenvalue weighted by molar-refractivity contribution is 6.08. The normalized spacial score (nSPS) is 11.9. The molecule has 1 aliphatic heterocycles. The molecule has 3 amide bonds. The molecule has 0 bridgehead atoms. The second-order valence-corrected chi connectivity index (χ2v) is 12.0. The number of hydrogen-bond acceptors (Lipinski definition) is 7. The van der Waals surface area contributed by atoms with E-state index in [0.717, 1.165) is 44.2 Å². The van der Waals surface area contributed by atoms with Gasteiger partial charge in [-0.1, -0.05) is 78.6 Å². The van der Waals surface area contributed by atoms with E-state index in [9.17, 15) is 14.4 Å². The number of rotatable bonds is 17. The number of ether oxygens (including phenoxy) is 4. The Kier molecular flexibility index (Phi) is 12.9. The molecule has 0 aliphatic carbocycles. The van der Waals surface area contributed by atoms with Gasteiger partial charge in [0.05, 0.1) is 62.9 Å². The van der Waals surface area contributed by atoms with Crippen molar-refractivity contribution in [2.24, 2.45) is 0 Å². The molecule has 0 saturated heterocycles. The summed E-state index contributed by atoms with van der Waals surface area (Å²) in [6.45, 7) is 3.04. The summed E-state index contributed by atoms with van der Waals surface area (Å²) in [6.07, 6.45) is -0.172. The molecule has 52 heavy (non-hydrogen) atoms. The number of carbonyl (C=O) groups is 3. The van der Waals surface area contributed by atoms with Gasteiger partial charge >= 0.3 is 6.09 Å². The lowest BCUT2D eigenvalue weighted by Crippen LogP contribution is -2.35. The summed E-state index contributed by atoms with van der Waals surface area (Å²) in [7, 11) is 0. The number of aromatic nitrogens is 1. The lowest BCUT2D eigenvalue weighted by Gasteiger charge is -2.26. The van der Waals surface area contributed by atoms with Gasteiger partial charge in [0.25, 0.3) is 0 Å². The van der Waals surface area contributed by atoms with Crippen molar-refractivity contribution in [2.75, 3.05) is 57.6 Å². The number of fused-ring (bicyclic) bond motifs is 5. The minimum Gasteiger partial charge on any atom is -0.428 e. The largest absolute Gasteiger partial charge is 0.428 e. The van der Waals surface area contributed by atoms with Crippen LogP contribution < -0.4 is 15.5 Å². The van der Waals surface area contributed by atoms with E-state index in [4.69, 9.17) is 18.9 Å². The molecular weight excluding hydrogens is 660 g/mol. The Hall–Kier alpha value is -5.67. The minimum absolute atomic E-state index is 0.0890. The molecule has 2 N–H and O–H groups in total. The molecule has 2 heterocycles. The molecule has 5 aromatic rings. The number of hydrogen-bond donors (Lipinski definition) is 2. The van der Waals surface area contributed by atoms with E-state index in [1.165, 1.54) is 0 Å². The van der Waals surface area contributed by atoms with Gasteiger partial charge in [-0.3, -0.25) is 9.59 Å². The summed E-state index contributed by atoms with van der Waals surface area (Å²) in [5, 5.41) is 7.75. The first kappa shape index (κ1) is 36.1. The fourth-order valence-corrected chi connectivity index (χ4v) is 5.99. The Labute approximate surface area is 302 Å². The van der Waals surface area contributed by atoms with E-state index in [1.807, 2.05) is 89.5 Å². The zero-order chi connectivity index (χ0) is 36.0. The highest BCUT2D eigenvalue weighted by atomic mass is 16.6. The number of nitrogens with one attached hydrogen (secondary N) is 2. The number of nitrogens with zero attached hydrogens (tertiary/aromatic N) is 2. The Bertz CT molecular complexity index is 2010. The average molecular weight is 703 g/mol. The zero-order valence-corrected chi connectivity index (χ0v) is 29.0. The van der Waals surface area contributed by atoms with Gasteiger partial charge in [0.1, 0.15) is 0 Å². The minimum atomic E-state index is -0.516. The summed E-state index contributed by atoms with van der Waals surface area (Å²) in [5.41, 5.74) is 5.46. The molecule has 0 spiro atoms. The van der Waals surface area contributed by atoms with Crippen LogP contribution in [-0.4, -0.2) is 75.2 Å². The molecule has 6 rings (SSSR count). The first-order valence-corrected chi connectivity index (χ1v) is 17.4. The number of benzene rings is 4. The zero-order valence-electron chi connectivity index (χ0n) is 29.0. The summed E-state index contributed by atoms with van der Waals surface area (Å²) >= 11 is 0. The van der Waals surface area contributed by atoms with Crippen molar-refractivity contribution >= 4 is 45.4 Å².